The first-order valence-electron chi connectivity index (χ1n) is 7.89. The zero-order valence-electron chi connectivity index (χ0n) is 14.8. The number of hydrogen-bond acceptors (Lipinski definition) is 6. The van der Waals surface area contributed by atoms with Crippen molar-refractivity contribution in [2.75, 3.05) is 0 Å². The second-order valence-corrected chi connectivity index (χ2v) is 6.62. The first kappa shape index (κ1) is 19.1. The van der Waals surface area contributed by atoms with E-state index in [0.717, 1.165) is 17.3 Å². The van der Waals surface area contributed by atoms with Gasteiger partial charge in [0.1, 0.15) is 11.8 Å². The summed E-state index contributed by atoms with van der Waals surface area (Å²) in [6.45, 7) is 5.89. The summed E-state index contributed by atoms with van der Waals surface area (Å²) >= 11 is 0. The van der Waals surface area contributed by atoms with Crippen molar-refractivity contribution in [3.8, 4) is 0 Å². The van der Waals surface area contributed by atoms with Crippen LogP contribution in [0.5, 0.6) is 0 Å². The second-order valence-electron chi connectivity index (χ2n) is 6.62. The number of carbonyl (C=O) groups excluding carboxylic acids is 2. The van der Waals surface area contributed by atoms with Crippen molar-refractivity contribution >= 4 is 18.1 Å². The number of nitrogens with one attached hydrogen (secondary N) is 1. The van der Waals surface area contributed by atoms with Crippen LogP contribution in [0.3, 0.4) is 0 Å². The Bertz CT molecular complexity index is 806. The third-order valence-corrected chi connectivity index (χ3v) is 3.36. The maximum atomic E-state index is 11.6. The Morgan fingerprint density at radius 1 is 1.31 bits per heavy atom. The average Bonchev–Trinajstić information content (AvgIpc) is 2.95. The number of nitro groups is 1. The molecule has 0 fully saturated rings. The number of ether oxygens (including phenoxy) is 1. The number of aromatic nitrogens is 2. The number of hydrogen-bond donors (Lipinski definition) is 1. The van der Waals surface area contributed by atoms with Crippen molar-refractivity contribution in [3.63, 3.8) is 0 Å². The van der Waals surface area contributed by atoms with Gasteiger partial charge in [-0.2, -0.15) is 5.10 Å². The summed E-state index contributed by atoms with van der Waals surface area (Å²) in [5, 5.41) is 17.4. The van der Waals surface area contributed by atoms with Crippen LogP contribution in [0.25, 0.3) is 0 Å². The lowest BCUT2D eigenvalue weighted by atomic mass is 10.1. The predicted molar refractivity (Wildman–Crippen MR) is 92.9 cm³/mol. The largest absolute Gasteiger partial charge is 0.444 e. The number of alkyl carbamates (subject to hydrolysis) is 1. The van der Waals surface area contributed by atoms with Crippen LogP contribution < -0.4 is 5.32 Å². The van der Waals surface area contributed by atoms with E-state index in [4.69, 9.17) is 4.74 Å². The molecule has 2 rings (SSSR count). The molecule has 1 amide bonds. The molecule has 138 valence electrons. The zero-order valence-corrected chi connectivity index (χ0v) is 14.8. The lowest BCUT2D eigenvalue weighted by Crippen LogP contribution is -2.32. The number of aldehydes is 1. The lowest BCUT2D eigenvalue weighted by Gasteiger charge is -2.19. The predicted octanol–water partition coefficient (Wildman–Crippen LogP) is 2.68. The highest BCUT2D eigenvalue weighted by Crippen LogP contribution is 2.17. The van der Waals surface area contributed by atoms with E-state index in [-0.39, 0.29) is 17.9 Å². The summed E-state index contributed by atoms with van der Waals surface area (Å²) in [5.74, 6) is 0. The van der Waals surface area contributed by atoms with Crippen LogP contribution in [0.2, 0.25) is 0 Å². The molecule has 0 saturated heterocycles. The van der Waals surface area contributed by atoms with E-state index in [1.165, 1.54) is 4.68 Å². The molecule has 0 aliphatic carbocycles. The molecule has 1 N–H and O–H groups in total. The minimum atomic E-state index is -0.640. The summed E-state index contributed by atoms with van der Waals surface area (Å²) in [6, 6.07) is 7.22. The van der Waals surface area contributed by atoms with Crippen molar-refractivity contribution in [1.82, 2.24) is 15.1 Å². The summed E-state index contributed by atoms with van der Waals surface area (Å²) in [7, 11) is 0. The van der Waals surface area contributed by atoms with Gasteiger partial charge in [0, 0.05) is 6.54 Å². The summed E-state index contributed by atoms with van der Waals surface area (Å²) < 4.78 is 6.44. The molecule has 26 heavy (non-hydrogen) atoms. The Hall–Kier alpha value is -3.23. The first-order valence-corrected chi connectivity index (χ1v) is 7.89. The SMILES string of the molecule is CC(C)(C)OC(=O)NCc1ccc(Cn2ncc([N+](=O)[O-])c2C=O)cc1. The molecule has 0 spiro atoms. The van der Waals surface area contributed by atoms with Crippen LogP contribution in [-0.2, 0) is 17.8 Å². The van der Waals surface area contributed by atoms with E-state index in [9.17, 15) is 19.7 Å². The van der Waals surface area contributed by atoms with E-state index in [2.05, 4.69) is 10.4 Å². The van der Waals surface area contributed by atoms with Crippen LogP contribution >= 0.6 is 0 Å². The monoisotopic (exact) mass is 360 g/mol. The molecule has 0 aliphatic rings. The fourth-order valence-corrected chi connectivity index (χ4v) is 2.20. The lowest BCUT2D eigenvalue weighted by molar-refractivity contribution is -0.385. The Labute approximate surface area is 150 Å². The molecular weight excluding hydrogens is 340 g/mol. The van der Waals surface area contributed by atoms with E-state index in [1.54, 1.807) is 32.9 Å². The topological polar surface area (TPSA) is 116 Å². The van der Waals surface area contributed by atoms with Crippen LogP contribution in [0.4, 0.5) is 10.5 Å². The van der Waals surface area contributed by atoms with Crippen molar-refractivity contribution in [2.45, 2.75) is 39.5 Å². The molecule has 0 saturated carbocycles. The molecule has 0 bridgehead atoms. The summed E-state index contributed by atoms with van der Waals surface area (Å²) in [5.41, 5.74) is 0.717. The van der Waals surface area contributed by atoms with Crippen LogP contribution in [0.1, 0.15) is 42.4 Å². The number of nitrogens with zero attached hydrogens (tertiary/aromatic N) is 3. The van der Waals surface area contributed by atoms with Crippen LogP contribution in [0, 0.1) is 10.1 Å². The maximum absolute atomic E-state index is 11.6. The smallest absolute Gasteiger partial charge is 0.407 e. The molecule has 1 heterocycles. The Morgan fingerprint density at radius 3 is 2.46 bits per heavy atom. The molecule has 0 atom stereocenters. The Kier molecular flexibility index (Phi) is 5.71. The molecule has 9 nitrogen and oxygen atoms in total. The Balaban J connectivity index is 1.99. The minimum absolute atomic E-state index is 0.0781. The van der Waals surface area contributed by atoms with Gasteiger partial charge in [-0.05, 0) is 31.9 Å². The quantitative estimate of drug-likeness (QED) is 0.481. The Morgan fingerprint density at radius 2 is 1.92 bits per heavy atom. The molecule has 0 aliphatic heterocycles. The fraction of sp³-hybridized carbons (Fsp3) is 0.353. The molecular formula is C17H20N4O5. The van der Waals surface area contributed by atoms with E-state index >= 15 is 0 Å². The highest BCUT2D eigenvalue weighted by molar-refractivity contribution is 5.78. The van der Waals surface area contributed by atoms with Crippen molar-refractivity contribution in [1.29, 1.82) is 0 Å². The molecule has 1 aromatic carbocycles. The minimum Gasteiger partial charge on any atom is -0.444 e. The van der Waals surface area contributed by atoms with Gasteiger partial charge in [0.05, 0.1) is 11.5 Å². The van der Waals surface area contributed by atoms with Crippen molar-refractivity contribution in [3.05, 3.63) is 57.4 Å². The highest BCUT2D eigenvalue weighted by Gasteiger charge is 2.20. The van der Waals surface area contributed by atoms with Gasteiger partial charge in [-0.15, -0.1) is 0 Å². The molecule has 0 unspecified atom stereocenters. The summed E-state index contributed by atoms with van der Waals surface area (Å²) in [4.78, 5) is 32.9. The average molecular weight is 360 g/mol. The van der Waals surface area contributed by atoms with Gasteiger partial charge in [-0.3, -0.25) is 19.6 Å². The van der Waals surface area contributed by atoms with E-state index in [0.29, 0.717) is 12.8 Å². The normalized spacial score (nSPS) is 11.0. The van der Waals surface area contributed by atoms with Gasteiger partial charge in [-0.25, -0.2) is 4.79 Å². The standard InChI is InChI=1S/C17H20N4O5/c1-17(2,3)26-16(23)18-8-12-4-6-13(7-5-12)10-20-15(11-22)14(9-19-20)21(24)25/h4-7,9,11H,8,10H2,1-3H3,(H,18,23). The van der Waals surface area contributed by atoms with Gasteiger partial charge in [0.15, 0.2) is 12.0 Å². The third kappa shape index (κ3) is 5.13. The van der Waals surface area contributed by atoms with E-state index < -0.39 is 16.6 Å². The van der Waals surface area contributed by atoms with Gasteiger partial charge in [0.25, 0.3) is 0 Å². The molecule has 9 heteroatoms. The van der Waals surface area contributed by atoms with Crippen LogP contribution in [0.15, 0.2) is 30.5 Å². The fourth-order valence-electron chi connectivity index (χ4n) is 2.20. The van der Waals surface area contributed by atoms with Gasteiger partial charge in [0.2, 0.25) is 0 Å². The van der Waals surface area contributed by atoms with Crippen molar-refractivity contribution < 1.29 is 19.2 Å². The highest BCUT2D eigenvalue weighted by atomic mass is 16.6. The molecule has 2 aromatic rings. The second kappa shape index (κ2) is 7.77. The third-order valence-electron chi connectivity index (χ3n) is 3.36. The van der Waals surface area contributed by atoms with Gasteiger partial charge in [-0.1, -0.05) is 24.3 Å². The number of rotatable bonds is 6. The maximum Gasteiger partial charge on any atom is 0.407 e. The van der Waals surface area contributed by atoms with Crippen LogP contribution in [-0.4, -0.2) is 32.7 Å². The number of benzene rings is 1. The zero-order chi connectivity index (χ0) is 19.3. The number of amides is 1. The molecule has 0 radical (unpaired) electrons. The van der Waals surface area contributed by atoms with Crippen molar-refractivity contribution in [2.24, 2.45) is 0 Å². The van der Waals surface area contributed by atoms with E-state index in [1.807, 2.05) is 12.1 Å². The first-order chi connectivity index (χ1) is 12.2. The number of carbonyl (C=O) groups is 2. The summed E-state index contributed by atoms with van der Waals surface area (Å²) in [6.07, 6.45) is 0.980. The molecule has 1 aromatic heterocycles. The van der Waals surface area contributed by atoms with Gasteiger partial charge < -0.3 is 10.1 Å². The van der Waals surface area contributed by atoms with Gasteiger partial charge >= 0.3 is 11.8 Å².